The number of halogens is 1. The third-order valence-electron chi connectivity index (χ3n) is 6.00. The van der Waals surface area contributed by atoms with Crippen LogP contribution in [0.3, 0.4) is 0 Å². The molecule has 0 saturated heterocycles. The number of thiazole rings is 1. The fourth-order valence-electron chi connectivity index (χ4n) is 4.23. The van der Waals surface area contributed by atoms with Gasteiger partial charge in [0, 0.05) is 39.2 Å². The van der Waals surface area contributed by atoms with Crippen molar-refractivity contribution >= 4 is 51.2 Å². The van der Waals surface area contributed by atoms with E-state index in [9.17, 15) is 9.59 Å². The van der Waals surface area contributed by atoms with Crippen LogP contribution in [-0.4, -0.2) is 34.8 Å². The Hall–Kier alpha value is -3.94. The summed E-state index contributed by atoms with van der Waals surface area (Å²) in [5.41, 5.74) is 4.44. The van der Waals surface area contributed by atoms with Crippen LogP contribution in [-0.2, 0) is 4.79 Å². The third kappa shape index (κ3) is 3.88. The second kappa shape index (κ2) is 8.69. The molecule has 172 valence electrons. The lowest BCUT2D eigenvalue weighted by Crippen LogP contribution is -2.42. The maximum Gasteiger partial charge on any atom is 0.265 e. The van der Waals surface area contributed by atoms with Crippen LogP contribution in [0.25, 0.3) is 32.7 Å². The van der Waals surface area contributed by atoms with Crippen molar-refractivity contribution in [2.24, 2.45) is 0 Å². The molecule has 1 aliphatic heterocycles. The molecule has 5 aromatic rings. The van der Waals surface area contributed by atoms with E-state index in [4.69, 9.17) is 21.3 Å². The van der Waals surface area contributed by atoms with Crippen molar-refractivity contribution in [2.45, 2.75) is 0 Å². The van der Waals surface area contributed by atoms with Crippen LogP contribution in [0.15, 0.2) is 78.3 Å². The van der Waals surface area contributed by atoms with Crippen molar-refractivity contribution in [3.63, 3.8) is 0 Å². The zero-order chi connectivity index (χ0) is 23.9. The highest BCUT2D eigenvalue weighted by Gasteiger charge is 2.29. The monoisotopic (exact) mass is 499 g/mol. The standard InChI is InChI=1S/C27H18ClN3O3S/c28-20-7-3-1-6-18(20)27-30-22(15-35-27)16-9-10-25-23(11-16)31(26(33)14-34-25)13-24(32)19-12-29-21-8-4-2-5-17(19)21/h1-12,15,29H,13-14H2. The number of benzene rings is 3. The average molecular weight is 500 g/mol. The minimum absolute atomic E-state index is 0.0809. The fraction of sp³-hybridized carbons (Fsp3) is 0.0741. The van der Waals surface area contributed by atoms with Gasteiger partial charge in [-0.2, -0.15) is 0 Å². The van der Waals surface area contributed by atoms with Crippen LogP contribution >= 0.6 is 22.9 Å². The van der Waals surface area contributed by atoms with Crippen LogP contribution in [0.1, 0.15) is 10.4 Å². The van der Waals surface area contributed by atoms with E-state index in [2.05, 4.69) is 4.98 Å². The molecule has 0 aliphatic carbocycles. The predicted octanol–water partition coefficient (Wildman–Crippen LogP) is 6.22. The Bertz CT molecular complexity index is 1610. The Morgan fingerprint density at radius 3 is 2.83 bits per heavy atom. The first-order chi connectivity index (χ1) is 17.1. The SMILES string of the molecule is O=C(CN1C(=O)COc2ccc(-c3csc(-c4ccccc4Cl)n3)cc21)c1c[nH]c2ccccc12. The third-order valence-corrected chi connectivity index (χ3v) is 7.20. The van der Waals surface area contributed by atoms with Crippen LogP contribution < -0.4 is 9.64 Å². The average Bonchev–Trinajstić information content (AvgIpc) is 3.54. The minimum atomic E-state index is -0.266. The number of hydrogen-bond acceptors (Lipinski definition) is 5. The lowest BCUT2D eigenvalue weighted by molar-refractivity contribution is -0.121. The van der Waals surface area contributed by atoms with Crippen molar-refractivity contribution in [1.82, 2.24) is 9.97 Å². The summed E-state index contributed by atoms with van der Waals surface area (Å²) in [6, 6.07) is 20.7. The van der Waals surface area contributed by atoms with Crippen LogP contribution in [0, 0.1) is 0 Å². The first-order valence-corrected chi connectivity index (χ1v) is 12.2. The molecule has 8 heteroatoms. The molecule has 0 fully saturated rings. The Kier molecular flexibility index (Phi) is 5.36. The summed E-state index contributed by atoms with van der Waals surface area (Å²) in [6.45, 7) is -0.191. The van der Waals surface area contributed by atoms with Gasteiger partial charge in [-0.1, -0.05) is 48.0 Å². The van der Waals surface area contributed by atoms with Gasteiger partial charge >= 0.3 is 0 Å². The Labute approximate surface area is 209 Å². The minimum Gasteiger partial charge on any atom is -0.482 e. The topological polar surface area (TPSA) is 75.3 Å². The van der Waals surface area contributed by atoms with Gasteiger partial charge in [0.1, 0.15) is 10.8 Å². The zero-order valence-corrected chi connectivity index (χ0v) is 19.9. The van der Waals surface area contributed by atoms with E-state index in [0.717, 1.165) is 32.7 Å². The first-order valence-electron chi connectivity index (χ1n) is 11.0. The van der Waals surface area contributed by atoms with E-state index in [0.29, 0.717) is 22.0 Å². The van der Waals surface area contributed by atoms with Crippen molar-refractivity contribution in [3.05, 3.63) is 88.9 Å². The summed E-state index contributed by atoms with van der Waals surface area (Å²) in [7, 11) is 0. The molecule has 1 N–H and O–H groups in total. The van der Waals surface area contributed by atoms with Gasteiger partial charge in [-0.3, -0.25) is 14.5 Å². The lowest BCUT2D eigenvalue weighted by Gasteiger charge is -2.29. The maximum absolute atomic E-state index is 13.2. The summed E-state index contributed by atoms with van der Waals surface area (Å²) in [6.07, 6.45) is 1.70. The molecule has 6 rings (SSSR count). The van der Waals surface area contributed by atoms with E-state index in [1.165, 1.54) is 16.2 Å². The predicted molar refractivity (Wildman–Crippen MR) is 138 cm³/mol. The number of para-hydroxylation sites is 1. The normalized spacial score (nSPS) is 13.1. The molecule has 0 unspecified atom stereocenters. The fourth-order valence-corrected chi connectivity index (χ4v) is 5.38. The van der Waals surface area contributed by atoms with E-state index in [1.807, 2.05) is 72.1 Å². The Balaban J connectivity index is 1.33. The summed E-state index contributed by atoms with van der Waals surface area (Å²) < 4.78 is 5.65. The summed E-state index contributed by atoms with van der Waals surface area (Å²) >= 11 is 7.84. The molecule has 0 bridgehead atoms. The molecule has 0 radical (unpaired) electrons. The quantitative estimate of drug-likeness (QED) is 0.291. The van der Waals surface area contributed by atoms with Crippen molar-refractivity contribution in [2.75, 3.05) is 18.1 Å². The summed E-state index contributed by atoms with van der Waals surface area (Å²) in [5.74, 6) is 0.142. The maximum atomic E-state index is 13.2. The van der Waals surface area contributed by atoms with E-state index in [1.54, 1.807) is 6.20 Å². The number of anilines is 1. The Morgan fingerprint density at radius 1 is 1.11 bits per heavy atom. The second-order valence-electron chi connectivity index (χ2n) is 8.14. The molecular formula is C27H18ClN3O3S. The number of carbonyl (C=O) groups is 2. The molecular weight excluding hydrogens is 482 g/mol. The van der Waals surface area contributed by atoms with Crippen LogP contribution in [0.2, 0.25) is 5.02 Å². The molecule has 1 amide bonds. The highest BCUT2D eigenvalue weighted by molar-refractivity contribution is 7.13. The van der Waals surface area contributed by atoms with Gasteiger partial charge in [-0.05, 0) is 30.3 Å². The molecule has 1 aliphatic rings. The van der Waals surface area contributed by atoms with Gasteiger partial charge in [0.15, 0.2) is 12.4 Å². The number of amides is 1. The van der Waals surface area contributed by atoms with E-state index < -0.39 is 0 Å². The van der Waals surface area contributed by atoms with Crippen LogP contribution in [0.5, 0.6) is 5.75 Å². The number of H-pyrrole nitrogens is 1. The smallest absolute Gasteiger partial charge is 0.265 e. The molecule has 0 atom stereocenters. The number of hydrogen-bond donors (Lipinski definition) is 1. The molecule has 35 heavy (non-hydrogen) atoms. The number of rotatable bonds is 5. The van der Waals surface area contributed by atoms with Gasteiger partial charge in [-0.15, -0.1) is 11.3 Å². The molecule has 0 saturated carbocycles. The van der Waals surface area contributed by atoms with Crippen molar-refractivity contribution in [3.8, 4) is 27.6 Å². The number of aromatic nitrogens is 2. The Morgan fingerprint density at radius 2 is 1.94 bits per heavy atom. The van der Waals surface area contributed by atoms with Gasteiger partial charge in [-0.25, -0.2) is 4.98 Å². The first kappa shape index (κ1) is 21.6. The summed E-state index contributed by atoms with van der Waals surface area (Å²) in [4.78, 5) is 35.4. The number of ketones is 1. The highest BCUT2D eigenvalue weighted by Crippen LogP contribution is 2.38. The largest absolute Gasteiger partial charge is 0.482 e. The van der Waals surface area contributed by atoms with Crippen LogP contribution in [0.4, 0.5) is 5.69 Å². The number of Topliss-reactive ketones (excluding diaryl/α,β-unsaturated/α-hetero) is 1. The number of fused-ring (bicyclic) bond motifs is 2. The molecule has 3 heterocycles. The number of nitrogens with one attached hydrogen (secondary N) is 1. The lowest BCUT2D eigenvalue weighted by atomic mass is 10.1. The number of aromatic amines is 1. The molecule has 2 aromatic heterocycles. The van der Waals surface area contributed by atoms with Crippen molar-refractivity contribution in [1.29, 1.82) is 0 Å². The second-order valence-corrected chi connectivity index (χ2v) is 9.41. The van der Waals surface area contributed by atoms with Gasteiger partial charge in [0.25, 0.3) is 5.91 Å². The number of carbonyl (C=O) groups excluding carboxylic acids is 2. The number of ether oxygens (including phenoxy) is 1. The highest BCUT2D eigenvalue weighted by atomic mass is 35.5. The molecule has 6 nitrogen and oxygen atoms in total. The van der Waals surface area contributed by atoms with E-state index in [-0.39, 0.29) is 24.8 Å². The molecule has 0 spiro atoms. The van der Waals surface area contributed by atoms with E-state index >= 15 is 0 Å². The van der Waals surface area contributed by atoms with Gasteiger partial charge < -0.3 is 9.72 Å². The van der Waals surface area contributed by atoms with Crippen molar-refractivity contribution < 1.29 is 14.3 Å². The van der Waals surface area contributed by atoms with Gasteiger partial charge in [0.05, 0.1) is 22.9 Å². The van der Waals surface area contributed by atoms with Gasteiger partial charge in [0.2, 0.25) is 0 Å². The summed E-state index contributed by atoms with van der Waals surface area (Å²) in [5, 5.41) is 4.23. The molecule has 3 aromatic carbocycles. The zero-order valence-electron chi connectivity index (χ0n) is 18.3. The number of nitrogens with zero attached hydrogens (tertiary/aromatic N) is 2.